The number of halogens is 2. The summed E-state index contributed by atoms with van der Waals surface area (Å²) in [6, 6.07) is 15.4. The SMILES string of the molecule is CC(CC(Oc1ccc(-c2ccc(F)c(Cl)c2)cc1)c1cccnc1)N1C(=O)CCC1=O. The largest absolute Gasteiger partial charge is 0.486 e. The number of imide groups is 1. The number of rotatable bonds is 7. The number of benzene rings is 2. The van der Waals surface area contributed by atoms with Gasteiger partial charge in [0.15, 0.2) is 0 Å². The zero-order valence-electron chi connectivity index (χ0n) is 17.5. The molecule has 1 aromatic heterocycles. The highest BCUT2D eigenvalue weighted by Crippen LogP contribution is 2.31. The number of hydrogen-bond donors (Lipinski definition) is 0. The van der Waals surface area contributed by atoms with E-state index in [0.717, 1.165) is 16.7 Å². The van der Waals surface area contributed by atoms with Crippen LogP contribution in [0, 0.1) is 5.82 Å². The topological polar surface area (TPSA) is 59.5 Å². The first-order valence-corrected chi connectivity index (χ1v) is 10.8. The Balaban J connectivity index is 1.54. The maximum absolute atomic E-state index is 13.4. The molecule has 4 rings (SSSR count). The van der Waals surface area contributed by atoms with Crippen molar-refractivity contribution in [2.45, 2.75) is 38.3 Å². The zero-order valence-corrected chi connectivity index (χ0v) is 18.3. The number of likely N-dealkylation sites (tertiary alicyclic amines) is 1. The average Bonchev–Trinajstić information content (AvgIpc) is 3.14. The first-order valence-electron chi connectivity index (χ1n) is 10.4. The van der Waals surface area contributed by atoms with Gasteiger partial charge in [-0.05, 0) is 48.4 Å². The van der Waals surface area contributed by atoms with Crippen molar-refractivity contribution < 1.29 is 18.7 Å². The summed E-state index contributed by atoms with van der Waals surface area (Å²) < 4.78 is 19.7. The molecular weight excluding hydrogens is 431 g/mol. The van der Waals surface area contributed by atoms with Crippen molar-refractivity contribution in [3.05, 3.63) is 83.4 Å². The van der Waals surface area contributed by atoms with Crippen LogP contribution in [0.5, 0.6) is 5.75 Å². The fourth-order valence-corrected chi connectivity index (χ4v) is 4.07. The van der Waals surface area contributed by atoms with Crippen LogP contribution in [0.2, 0.25) is 5.02 Å². The Kier molecular flexibility index (Phi) is 6.51. The van der Waals surface area contributed by atoms with Crippen molar-refractivity contribution in [2.24, 2.45) is 0 Å². The molecule has 7 heteroatoms. The van der Waals surface area contributed by atoms with E-state index in [-0.39, 0.29) is 35.7 Å². The molecule has 0 radical (unpaired) electrons. The Morgan fingerprint density at radius 1 is 1.06 bits per heavy atom. The van der Waals surface area contributed by atoms with Crippen molar-refractivity contribution in [1.82, 2.24) is 9.88 Å². The Labute approximate surface area is 190 Å². The number of pyridine rings is 1. The maximum atomic E-state index is 13.4. The van der Waals surface area contributed by atoms with E-state index in [2.05, 4.69) is 4.98 Å². The maximum Gasteiger partial charge on any atom is 0.229 e. The molecule has 1 aliphatic rings. The summed E-state index contributed by atoms with van der Waals surface area (Å²) in [4.78, 5) is 29.8. The molecule has 32 heavy (non-hydrogen) atoms. The standard InChI is InChI=1S/C25H22ClFN2O3/c1-16(29-24(30)10-11-25(29)31)13-23(19-3-2-12-28-15-19)32-20-7-4-17(5-8-20)18-6-9-22(27)21(26)14-18/h2-9,12,14-16,23H,10-11,13H2,1H3. The van der Waals surface area contributed by atoms with E-state index in [1.54, 1.807) is 24.5 Å². The van der Waals surface area contributed by atoms with Crippen LogP contribution in [0.1, 0.15) is 37.9 Å². The Morgan fingerprint density at radius 2 is 1.75 bits per heavy atom. The zero-order chi connectivity index (χ0) is 22.7. The molecule has 0 aliphatic carbocycles. The molecule has 1 aliphatic heterocycles. The molecule has 1 fully saturated rings. The summed E-state index contributed by atoms with van der Waals surface area (Å²) in [6.07, 6.45) is 3.97. The van der Waals surface area contributed by atoms with E-state index >= 15 is 0 Å². The highest BCUT2D eigenvalue weighted by Gasteiger charge is 2.34. The highest BCUT2D eigenvalue weighted by atomic mass is 35.5. The third kappa shape index (κ3) is 4.81. The van der Waals surface area contributed by atoms with Gasteiger partial charge in [0.2, 0.25) is 11.8 Å². The van der Waals surface area contributed by atoms with E-state index in [4.69, 9.17) is 16.3 Å². The van der Waals surface area contributed by atoms with Gasteiger partial charge >= 0.3 is 0 Å². The minimum absolute atomic E-state index is 0.0689. The van der Waals surface area contributed by atoms with Crippen molar-refractivity contribution in [3.63, 3.8) is 0 Å². The molecule has 0 spiro atoms. The van der Waals surface area contributed by atoms with Gasteiger partial charge in [-0.3, -0.25) is 19.5 Å². The fourth-order valence-electron chi connectivity index (χ4n) is 3.89. The predicted molar refractivity (Wildman–Crippen MR) is 120 cm³/mol. The van der Waals surface area contributed by atoms with E-state index in [1.807, 2.05) is 43.3 Å². The van der Waals surface area contributed by atoms with Crippen molar-refractivity contribution in [1.29, 1.82) is 0 Å². The molecule has 5 nitrogen and oxygen atoms in total. The van der Waals surface area contributed by atoms with Crippen LogP contribution < -0.4 is 4.74 Å². The summed E-state index contributed by atoms with van der Waals surface area (Å²) in [5.74, 6) is -0.120. The third-order valence-corrected chi connectivity index (χ3v) is 5.82. The van der Waals surface area contributed by atoms with Crippen molar-refractivity contribution in [3.8, 4) is 16.9 Å². The van der Waals surface area contributed by atoms with Crippen molar-refractivity contribution >= 4 is 23.4 Å². The Hall–Kier alpha value is -3.25. The van der Waals surface area contributed by atoms with Crippen LogP contribution >= 0.6 is 11.6 Å². The van der Waals surface area contributed by atoms with Crippen LogP contribution in [-0.2, 0) is 9.59 Å². The lowest BCUT2D eigenvalue weighted by molar-refractivity contribution is -0.141. The summed E-state index contributed by atoms with van der Waals surface area (Å²) in [5, 5.41) is 0.0689. The van der Waals surface area contributed by atoms with E-state index in [0.29, 0.717) is 12.2 Å². The minimum atomic E-state index is -0.459. The number of ether oxygens (including phenoxy) is 1. The predicted octanol–water partition coefficient (Wildman–Crippen LogP) is 5.59. The smallest absolute Gasteiger partial charge is 0.229 e. The molecule has 1 saturated heterocycles. The minimum Gasteiger partial charge on any atom is -0.486 e. The van der Waals surface area contributed by atoms with Crippen LogP contribution in [0.25, 0.3) is 11.1 Å². The summed E-state index contributed by atoms with van der Waals surface area (Å²) in [5.41, 5.74) is 2.53. The average molecular weight is 453 g/mol. The number of aromatic nitrogens is 1. The lowest BCUT2D eigenvalue weighted by Crippen LogP contribution is -2.38. The molecule has 2 amide bonds. The van der Waals surface area contributed by atoms with Crippen LogP contribution in [0.15, 0.2) is 67.0 Å². The molecule has 164 valence electrons. The van der Waals surface area contributed by atoms with E-state index < -0.39 is 11.9 Å². The third-order valence-electron chi connectivity index (χ3n) is 5.53. The number of carbonyl (C=O) groups excluding carboxylic acids is 2. The molecular formula is C25H22ClFN2O3. The molecule has 0 N–H and O–H groups in total. The van der Waals surface area contributed by atoms with Gasteiger partial charge in [0.1, 0.15) is 17.7 Å². The van der Waals surface area contributed by atoms with Crippen LogP contribution in [-0.4, -0.2) is 27.7 Å². The fraction of sp³-hybridized carbons (Fsp3) is 0.240. The van der Waals surface area contributed by atoms with Gasteiger partial charge in [-0.1, -0.05) is 35.9 Å². The molecule has 0 saturated carbocycles. The van der Waals surface area contributed by atoms with Gasteiger partial charge in [-0.2, -0.15) is 0 Å². The van der Waals surface area contributed by atoms with Gasteiger partial charge in [0, 0.05) is 43.3 Å². The second-order valence-corrected chi connectivity index (χ2v) is 8.20. The second-order valence-electron chi connectivity index (χ2n) is 7.79. The van der Waals surface area contributed by atoms with Gasteiger partial charge in [0.25, 0.3) is 0 Å². The molecule has 2 unspecified atom stereocenters. The molecule has 3 aromatic rings. The summed E-state index contributed by atoms with van der Waals surface area (Å²) in [6.45, 7) is 1.86. The van der Waals surface area contributed by atoms with Crippen LogP contribution in [0.3, 0.4) is 0 Å². The lowest BCUT2D eigenvalue weighted by Gasteiger charge is -2.27. The van der Waals surface area contributed by atoms with E-state index in [9.17, 15) is 14.0 Å². The first kappa shape index (κ1) is 22.0. The molecule has 2 aromatic carbocycles. The van der Waals surface area contributed by atoms with Gasteiger partial charge in [0.05, 0.1) is 5.02 Å². The number of nitrogens with zero attached hydrogens (tertiary/aromatic N) is 2. The second kappa shape index (κ2) is 9.49. The number of hydrogen-bond acceptors (Lipinski definition) is 4. The quantitative estimate of drug-likeness (QED) is 0.438. The van der Waals surface area contributed by atoms with Gasteiger partial charge < -0.3 is 4.74 Å². The number of amides is 2. The monoisotopic (exact) mass is 452 g/mol. The molecule has 2 atom stereocenters. The Morgan fingerprint density at radius 3 is 2.38 bits per heavy atom. The lowest BCUT2D eigenvalue weighted by atomic mass is 10.0. The molecule has 2 heterocycles. The molecule has 0 bridgehead atoms. The number of carbonyl (C=O) groups is 2. The van der Waals surface area contributed by atoms with Gasteiger partial charge in [-0.15, -0.1) is 0 Å². The normalized spacial score (nSPS) is 15.7. The van der Waals surface area contributed by atoms with Gasteiger partial charge in [-0.25, -0.2) is 4.39 Å². The highest BCUT2D eigenvalue weighted by molar-refractivity contribution is 6.31. The summed E-state index contributed by atoms with van der Waals surface area (Å²) >= 11 is 5.90. The Bertz CT molecular complexity index is 1110. The first-order chi connectivity index (χ1) is 15.4. The van der Waals surface area contributed by atoms with Crippen molar-refractivity contribution in [2.75, 3.05) is 0 Å². The van der Waals surface area contributed by atoms with Crippen LogP contribution in [0.4, 0.5) is 4.39 Å². The van der Waals surface area contributed by atoms with E-state index in [1.165, 1.54) is 11.0 Å². The summed E-state index contributed by atoms with van der Waals surface area (Å²) in [7, 11) is 0.